The monoisotopic (exact) mass is 369 g/mol. The summed E-state index contributed by atoms with van der Waals surface area (Å²) in [4.78, 5) is 16.0. The number of carbonyl (C=O) groups is 1. The van der Waals surface area contributed by atoms with Crippen molar-refractivity contribution in [2.75, 3.05) is 0 Å². The van der Waals surface area contributed by atoms with Gasteiger partial charge in [0.15, 0.2) is 5.72 Å². The molecule has 1 heterocycles. The molecule has 4 unspecified atom stereocenters. The summed E-state index contributed by atoms with van der Waals surface area (Å²) in [5.74, 6) is 0. The van der Waals surface area contributed by atoms with E-state index in [1.54, 1.807) is 31.2 Å². The molecular formula is C18H19N5O2S. The van der Waals surface area contributed by atoms with Crippen molar-refractivity contribution < 1.29 is 9.90 Å². The van der Waals surface area contributed by atoms with Gasteiger partial charge < -0.3 is 15.7 Å². The molecule has 0 spiro atoms. The van der Waals surface area contributed by atoms with Crippen LogP contribution in [0, 0.1) is 0 Å². The number of azide groups is 1. The van der Waals surface area contributed by atoms with Crippen LogP contribution in [-0.4, -0.2) is 28.5 Å². The van der Waals surface area contributed by atoms with Gasteiger partial charge in [0.25, 0.3) is 0 Å². The molecule has 7 nitrogen and oxygen atoms in total. The van der Waals surface area contributed by atoms with E-state index in [2.05, 4.69) is 20.7 Å². The number of rotatable bonds is 5. The van der Waals surface area contributed by atoms with Crippen LogP contribution >= 0.6 is 11.8 Å². The maximum atomic E-state index is 12.2. The Morgan fingerprint density at radius 1 is 1.19 bits per heavy atom. The zero-order valence-corrected chi connectivity index (χ0v) is 14.9. The first-order chi connectivity index (χ1) is 12.5. The summed E-state index contributed by atoms with van der Waals surface area (Å²) in [6.07, 6.45) is 0. The number of urea groups is 1. The summed E-state index contributed by atoms with van der Waals surface area (Å²) in [6, 6.07) is 17.0. The van der Waals surface area contributed by atoms with Crippen LogP contribution in [0.1, 0.15) is 12.5 Å². The zero-order chi connectivity index (χ0) is 18.6. The van der Waals surface area contributed by atoms with Gasteiger partial charge in [0.2, 0.25) is 0 Å². The second-order valence-electron chi connectivity index (χ2n) is 6.05. The number of nitrogens with zero attached hydrogens (tertiary/aromatic N) is 3. The minimum absolute atomic E-state index is 0.508. The standard InChI is InChI=1S/C18H19N5O2S/c1-12(22-23-19)15-16(26-14-10-6-3-7-11-14)18(25,21-17(24)20-15)13-8-4-2-5-9-13/h2-12,15-16,25H,1H3,(H2,20,21,24). The lowest BCUT2D eigenvalue weighted by Crippen LogP contribution is -2.70. The van der Waals surface area contributed by atoms with E-state index >= 15 is 0 Å². The predicted molar refractivity (Wildman–Crippen MR) is 100 cm³/mol. The molecular weight excluding hydrogens is 350 g/mol. The number of carbonyl (C=O) groups excluding carboxylic acids is 1. The number of amides is 2. The van der Waals surface area contributed by atoms with E-state index in [1.165, 1.54) is 11.8 Å². The highest BCUT2D eigenvalue weighted by atomic mass is 32.2. The van der Waals surface area contributed by atoms with E-state index in [-0.39, 0.29) is 0 Å². The molecule has 0 aliphatic carbocycles. The van der Waals surface area contributed by atoms with Crippen molar-refractivity contribution in [3.63, 3.8) is 0 Å². The molecule has 134 valence electrons. The first-order valence-electron chi connectivity index (χ1n) is 8.17. The predicted octanol–water partition coefficient (Wildman–Crippen LogP) is 3.37. The normalized spacial score (nSPS) is 26.2. The fraction of sp³-hybridized carbons (Fsp3) is 0.278. The fourth-order valence-electron chi connectivity index (χ4n) is 3.03. The van der Waals surface area contributed by atoms with Gasteiger partial charge in [0.1, 0.15) is 0 Å². The molecule has 2 amide bonds. The summed E-state index contributed by atoms with van der Waals surface area (Å²) < 4.78 is 0. The average molecular weight is 369 g/mol. The van der Waals surface area contributed by atoms with Crippen molar-refractivity contribution in [3.8, 4) is 0 Å². The van der Waals surface area contributed by atoms with E-state index in [1.807, 2.05) is 36.4 Å². The number of hydrogen-bond acceptors (Lipinski definition) is 4. The SMILES string of the molecule is CC(N=[N+]=[N-])C1NC(=O)NC(O)(c2ccccc2)C1Sc1ccccc1. The summed E-state index contributed by atoms with van der Waals surface area (Å²) in [7, 11) is 0. The van der Waals surface area contributed by atoms with Crippen LogP contribution < -0.4 is 10.6 Å². The Labute approximate surface area is 155 Å². The number of nitrogens with one attached hydrogen (secondary N) is 2. The molecule has 4 atom stereocenters. The van der Waals surface area contributed by atoms with Crippen LogP contribution in [0.25, 0.3) is 10.4 Å². The highest BCUT2D eigenvalue weighted by Gasteiger charge is 2.50. The van der Waals surface area contributed by atoms with E-state index < -0.39 is 29.1 Å². The maximum Gasteiger partial charge on any atom is 0.317 e. The summed E-state index contributed by atoms with van der Waals surface area (Å²) in [5.41, 5.74) is 7.77. The minimum atomic E-state index is -1.62. The molecule has 2 aromatic carbocycles. The molecule has 26 heavy (non-hydrogen) atoms. The molecule has 0 radical (unpaired) electrons. The molecule has 1 saturated heterocycles. The van der Waals surface area contributed by atoms with Gasteiger partial charge in [-0.25, -0.2) is 4.79 Å². The van der Waals surface area contributed by atoms with Crippen LogP contribution in [0.15, 0.2) is 70.7 Å². The van der Waals surface area contributed by atoms with Gasteiger partial charge in [-0.1, -0.05) is 60.6 Å². The topological polar surface area (TPSA) is 110 Å². The molecule has 3 N–H and O–H groups in total. The van der Waals surface area contributed by atoms with Gasteiger partial charge in [-0.3, -0.25) is 0 Å². The lowest BCUT2D eigenvalue weighted by atomic mass is 9.90. The van der Waals surface area contributed by atoms with E-state index in [0.29, 0.717) is 5.56 Å². The number of aliphatic hydroxyl groups is 1. The van der Waals surface area contributed by atoms with E-state index in [4.69, 9.17) is 5.53 Å². The van der Waals surface area contributed by atoms with E-state index in [0.717, 1.165) is 4.90 Å². The molecule has 8 heteroatoms. The summed E-state index contributed by atoms with van der Waals surface area (Å²) in [6.45, 7) is 1.72. The van der Waals surface area contributed by atoms with Gasteiger partial charge in [0.05, 0.1) is 17.3 Å². The van der Waals surface area contributed by atoms with Gasteiger partial charge in [-0.15, -0.1) is 11.8 Å². The third kappa shape index (κ3) is 3.62. The fourth-order valence-corrected chi connectivity index (χ4v) is 4.44. The molecule has 3 rings (SSSR count). The number of benzene rings is 2. The Hall–Kier alpha value is -2.67. The smallest absolute Gasteiger partial charge is 0.317 e. The highest BCUT2D eigenvalue weighted by molar-refractivity contribution is 8.00. The summed E-state index contributed by atoms with van der Waals surface area (Å²) >= 11 is 1.42. The van der Waals surface area contributed by atoms with Crippen molar-refractivity contribution >= 4 is 17.8 Å². The quantitative estimate of drug-likeness (QED) is 0.427. The second-order valence-corrected chi connectivity index (χ2v) is 7.27. The van der Waals surface area contributed by atoms with Gasteiger partial charge >= 0.3 is 6.03 Å². The zero-order valence-electron chi connectivity index (χ0n) is 14.1. The Kier molecular flexibility index (Phi) is 5.37. The molecule has 0 aromatic heterocycles. The van der Waals surface area contributed by atoms with Crippen LogP contribution in [0.3, 0.4) is 0 Å². The Morgan fingerprint density at radius 2 is 1.81 bits per heavy atom. The first kappa shape index (κ1) is 18.1. The van der Waals surface area contributed by atoms with Crippen molar-refractivity contribution in [3.05, 3.63) is 76.7 Å². The molecule has 2 aromatic rings. The average Bonchev–Trinajstić information content (AvgIpc) is 2.65. The second kappa shape index (κ2) is 7.70. The first-order valence-corrected chi connectivity index (χ1v) is 9.05. The van der Waals surface area contributed by atoms with Crippen LogP contribution in [0.5, 0.6) is 0 Å². The molecule has 0 saturated carbocycles. The lowest BCUT2D eigenvalue weighted by molar-refractivity contribution is -0.0125. The largest absolute Gasteiger partial charge is 0.366 e. The van der Waals surface area contributed by atoms with Crippen LogP contribution in [0.4, 0.5) is 4.79 Å². The number of hydrogen-bond donors (Lipinski definition) is 3. The molecule has 1 aliphatic heterocycles. The maximum absolute atomic E-state index is 12.2. The third-order valence-corrected chi connectivity index (χ3v) is 5.75. The van der Waals surface area contributed by atoms with Crippen LogP contribution in [-0.2, 0) is 5.72 Å². The van der Waals surface area contributed by atoms with Crippen LogP contribution in [0.2, 0.25) is 0 Å². The van der Waals surface area contributed by atoms with Gasteiger partial charge in [0, 0.05) is 15.4 Å². The summed E-state index contributed by atoms with van der Waals surface area (Å²) in [5, 5.41) is 20.2. The van der Waals surface area contributed by atoms with Crippen molar-refractivity contribution in [2.45, 2.75) is 34.9 Å². The Balaban J connectivity index is 2.06. The molecule has 0 bridgehead atoms. The highest BCUT2D eigenvalue weighted by Crippen LogP contribution is 2.40. The third-order valence-electron chi connectivity index (χ3n) is 4.31. The Morgan fingerprint density at radius 3 is 2.42 bits per heavy atom. The number of thioether (sulfide) groups is 1. The minimum Gasteiger partial charge on any atom is -0.366 e. The Bertz CT molecular complexity index is 813. The molecule has 1 aliphatic rings. The van der Waals surface area contributed by atoms with Crippen molar-refractivity contribution in [1.82, 2.24) is 10.6 Å². The van der Waals surface area contributed by atoms with E-state index in [9.17, 15) is 9.90 Å². The van der Waals surface area contributed by atoms with Crippen molar-refractivity contribution in [1.29, 1.82) is 0 Å². The van der Waals surface area contributed by atoms with Gasteiger partial charge in [-0.05, 0) is 17.7 Å². The molecule has 1 fully saturated rings. The van der Waals surface area contributed by atoms with Gasteiger partial charge in [-0.2, -0.15) is 0 Å². The van der Waals surface area contributed by atoms with Crippen molar-refractivity contribution in [2.24, 2.45) is 5.11 Å². The lowest BCUT2D eigenvalue weighted by Gasteiger charge is -2.46.